The normalized spacial score (nSPS) is 24.6. The van der Waals surface area contributed by atoms with Gasteiger partial charge in [0.15, 0.2) is 6.61 Å². The number of nitrogens with one attached hydrogen (secondary N) is 1. The Morgan fingerprint density at radius 2 is 2.22 bits per heavy atom. The average Bonchev–Trinajstić information content (AvgIpc) is 3.16. The number of likely N-dealkylation sites (tertiary alicyclic amines) is 1. The molecule has 0 unspecified atom stereocenters. The van der Waals surface area contributed by atoms with Crippen molar-refractivity contribution in [2.24, 2.45) is 11.3 Å². The van der Waals surface area contributed by atoms with Crippen LogP contribution in [0.4, 0.5) is 18.0 Å². The second-order valence-corrected chi connectivity index (χ2v) is 7.00. The average molecular weight is 387 g/mol. The van der Waals surface area contributed by atoms with Gasteiger partial charge in [-0.15, -0.1) is 0 Å². The third kappa shape index (κ3) is 4.25. The van der Waals surface area contributed by atoms with E-state index in [1.165, 1.54) is 17.2 Å². The number of amides is 2. The first kappa shape index (κ1) is 19.2. The first-order chi connectivity index (χ1) is 12.7. The maximum absolute atomic E-state index is 12.4. The van der Waals surface area contributed by atoms with Gasteiger partial charge in [0.05, 0.1) is 5.41 Å². The molecule has 1 saturated heterocycles. The fourth-order valence-corrected chi connectivity index (χ4v) is 3.88. The van der Waals surface area contributed by atoms with E-state index in [1.54, 1.807) is 6.07 Å². The molecule has 2 N–H and O–H groups in total. The molecule has 2 fully saturated rings. The quantitative estimate of drug-likeness (QED) is 0.810. The lowest BCUT2D eigenvalue weighted by Crippen LogP contribution is -2.41. The number of carboxylic acids is 1. The van der Waals surface area contributed by atoms with E-state index in [1.807, 2.05) is 0 Å². The SMILES string of the molecule is O=C(NCc1ccnc(OCC(F)(F)F)c1)N1C[C@@H]2CCC[C@@]2(C(=O)O)C1. The number of aromatic nitrogens is 1. The van der Waals surface area contributed by atoms with Crippen molar-refractivity contribution in [3.05, 3.63) is 23.9 Å². The van der Waals surface area contributed by atoms with E-state index < -0.39 is 24.2 Å². The highest BCUT2D eigenvalue weighted by Gasteiger charge is 2.55. The number of hydrogen-bond donors (Lipinski definition) is 2. The maximum atomic E-state index is 12.4. The Morgan fingerprint density at radius 3 is 2.89 bits per heavy atom. The van der Waals surface area contributed by atoms with Gasteiger partial charge in [-0.2, -0.15) is 13.2 Å². The second-order valence-electron chi connectivity index (χ2n) is 7.00. The molecule has 10 heteroatoms. The molecular weight excluding hydrogens is 367 g/mol. The van der Waals surface area contributed by atoms with Crippen molar-refractivity contribution in [2.75, 3.05) is 19.7 Å². The van der Waals surface area contributed by atoms with E-state index in [9.17, 15) is 27.9 Å². The monoisotopic (exact) mass is 387 g/mol. The number of halogens is 3. The first-order valence-electron chi connectivity index (χ1n) is 8.60. The summed E-state index contributed by atoms with van der Waals surface area (Å²) in [5, 5.41) is 12.2. The largest absolute Gasteiger partial charge is 0.481 e. The Morgan fingerprint density at radius 1 is 1.44 bits per heavy atom. The molecule has 2 atom stereocenters. The summed E-state index contributed by atoms with van der Waals surface area (Å²) in [6.45, 7) is -0.795. The molecule has 3 rings (SSSR count). The number of hydrogen-bond acceptors (Lipinski definition) is 4. The van der Waals surface area contributed by atoms with Gasteiger partial charge < -0.3 is 20.1 Å². The molecule has 0 aromatic carbocycles. The van der Waals surface area contributed by atoms with Gasteiger partial charge in [0.1, 0.15) is 0 Å². The van der Waals surface area contributed by atoms with Crippen LogP contribution < -0.4 is 10.1 Å². The van der Waals surface area contributed by atoms with Gasteiger partial charge in [-0.05, 0) is 30.4 Å². The number of aliphatic carboxylic acids is 1. The number of alkyl halides is 3. The van der Waals surface area contributed by atoms with Crippen molar-refractivity contribution < 1.29 is 32.6 Å². The number of urea groups is 1. The van der Waals surface area contributed by atoms with Gasteiger partial charge in [-0.25, -0.2) is 9.78 Å². The molecule has 7 nitrogen and oxygen atoms in total. The van der Waals surface area contributed by atoms with Crippen LogP contribution in [0.3, 0.4) is 0 Å². The lowest BCUT2D eigenvalue weighted by molar-refractivity contribution is -0.154. The highest BCUT2D eigenvalue weighted by Crippen LogP contribution is 2.48. The summed E-state index contributed by atoms with van der Waals surface area (Å²) < 4.78 is 41.2. The lowest BCUT2D eigenvalue weighted by atomic mass is 9.81. The molecule has 0 bridgehead atoms. The molecule has 148 valence electrons. The lowest BCUT2D eigenvalue weighted by Gasteiger charge is -2.23. The van der Waals surface area contributed by atoms with Crippen molar-refractivity contribution in [1.29, 1.82) is 0 Å². The number of nitrogens with zero attached hydrogens (tertiary/aromatic N) is 2. The van der Waals surface area contributed by atoms with E-state index in [2.05, 4.69) is 15.0 Å². The number of carboxylic acid groups (broad SMARTS) is 1. The van der Waals surface area contributed by atoms with E-state index in [-0.39, 0.29) is 30.9 Å². The molecule has 1 aliphatic carbocycles. The number of carbonyl (C=O) groups excluding carboxylic acids is 1. The van der Waals surface area contributed by atoms with Crippen LogP contribution >= 0.6 is 0 Å². The second kappa shape index (κ2) is 7.24. The predicted molar refractivity (Wildman–Crippen MR) is 87.0 cm³/mol. The number of rotatable bonds is 5. The number of pyridine rings is 1. The zero-order chi connectivity index (χ0) is 19.7. The van der Waals surface area contributed by atoms with Crippen molar-refractivity contribution in [3.8, 4) is 5.88 Å². The smallest absolute Gasteiger partial charge is 0.422 e. The topological polar surface area (TPSA) is 91.8 Å². The zero-order valence-electron chi connectivity index (χ0n) is 14.5. The molecular formula is C17H20F3N3O4. The van der Waals surface area contributed by atoms with Gasteiger partial charge in [-0.1, -0.05) is 6.42 Å². The summed E-state index contributed by atoms with van der Waals surface area (Å²) in [5.74, 6) is -1.08. The van der Waals surface area contributed by atoms with Gasteiger partial charge in [0.2, 0.25) is 5.88 Å². The Balaban J connectivity index is 1.55. The van der Waals surface area contributed by atoms with Crippen molar-refractivity contribution in [2.45, 2.75) is 32.0 Å². The van der Waals surface area contributed by atoms with Gasteiger partial charge in [0.25, 0.3) is 0 Å². The summed E-state index contributed by atoms with van der Waals surface area (Å²) in [6, 6.07) is 2.49. The van der Waals surface area contributed by atoms with E-state index >= 15 is 0 Å². The summed E-state index contributed by atoms with van der Waals surface area (Å²) >= 11 is 0. The molecule has 1 aromatic heterocycles. The molecule has 1 aromatic rings. The van der Waals surface area contributed by atoms with Crippen LogP contribution in [0.15, 0.2) is 18.3 Å². The predicted octanol–water partition coefficient (Wildman–Crippen LogP) is 2.42. The van der Waals surface area contributed by atoms with Crippen LogP contribution in [0.5, 0.6) is 5.88 Å². The Hall–Kier alpha value is -2.52. The highest BCUT2D eigenvalue weighted by molar-refractivity contribution is 5.80. The molecule has 1 saturated carbocycles. The first-order valence-corrected chi connectivity index (χ1v) is 8.60. The molecule has 2 amide bonds. The van der Waals surface area contributed by atoms with Gasteiger partial charge in [-0.3, -0.25) is 4.79 Å². The molecule has 27 heavy (non-hydrogen) atoms. The Bertz CT molecular complexity index is 728. The maximum Gasteiger partial charge on any atom is 0.422 e. The Kier molecular flexibility index (Phi) is 5.16. The molecule has 0 spiro atoms. The molecule has 1 aliphatic heterocycles. The molecule has 2 aliphatic rings. The molecule has 2 heterocycles. The fraction of sp³-hybridized carbons (Fsp3) is 0.588. The van der Waals surface area contributed by atoms with Crippen molar-refractivity contribution in [1.82, 2.24) is 15.2 Å². The van der Waals surface area contributed by atoms with Crippen LogP contribution in [-0.2, 0) is 11.3 Å². The minimum Gasteiger partial charge on any atom is -0.481 e. The van der Waals surface area contributed by atoms with Crippen LogP contribution in [-0.4, -0.2) is 52.9 Å². The van der Waals surface area contributed by atoms with E-state index in [0.29, 0.717) is 18.5 Å². The Labute approximate surface area is 153 Å². The molecule has 0 radical (unpaired) electrons. The number of ether oxygens (including phenoxy) is 1. The standard InChI is InChI=1S/C17H20F3N3O4/c18-17(19,20)10-27-13-6-11(3-5-21-13)7-22-15(26)23-8-12-2-1-4-16(12,9-23)14(24)25/h3,5-6,12H,1-2,4,7-10H2,(H,22,26)(H,24,25)/t12-,16+/m0/s1. The van der Waals surface area contributed by atoms with Gasteiger partial charge >= 0.3 is 18.2 Å². The van der Waals surface area contributed by atoms with Crippen LogP contribution in [0.25, 0.3) is 0 Å². The zero-order valence-corrected chi connectivity index (χ0v) is 14.5. The number of carbonyl (C=O) groups is 2. The minimum absolute atomic E-state index is 0.0379. The van der Waals surface area contributed by atoms with Gasteiger partial charge in [0, 0.05) is 31.9 Å². The van der Waals surface area contributed by atoms with Crippen LogP contribution in [0, 0.1) is 11.3 Å². The van der Waals surface area contributed by atoms with Crippen LogP contribution in [0.1, 0.15) is 24.8 Å². The summed E-state index contributed by atoms with van der Waals surface area (Å²) in [7, 11) is 0. The van der Waals surface area contributed by atoms with Crippen LogP contribution in [0.2, 0.25) is 0 Å². The third-order valence-electron chi connectivity index (χ3n) is 5.21. The third-order valence-corrected chi connectivity index (χ3v) is 5.21. The van der Waals surface area contributed by atoms with E-state index in [0.717, 1.165) is 12.8 Å². The van der Waals surface area contributed by atoms with Crippen molar-refractivity contribution in [3.63, 3.8) is 0 Å². The minimum atomic E-state index is -4.46. The van der Waals surface area contributed by atoms with E-state index in [4.69, 9.17) is 0 Å². The fourth-order valence-electron chi connectivity index (χ4n) is 3.88. The summed E-state index contributed by atoms with van der Waals surface area (Å²) in [5.41, 5.74) is -0.324. The summed E-state index contributed by atoms with van der Waals surface area (Å²) in [6.07, 6.45) is -0.946. The van der Waals surface area contributed by atoms with Crippen molar-refractivity contribution >= 4 is 12.0 Å². The summed E-state index contributed by atoms with van der Waals surface area (Å²) in [4.78, 5) is 29.2. The number of fused-ring (bicyclic) bond motifs is 1. The highest BCUT2D eigenvalue weighted by atomic mass is 19.4.